The standard InChI is InChI=1S/C18H22N2O3/c1-13-5-4-6-14(9-13)11-20-18(21)12-19-16-8-7-15(22-2)10-17(16)23-3/h4-10,19H,11-12H2,1-3H3,(H,20,21). The highest BCUT2D eigenvalue weighted by Crippen LogP contribution is 2.28. The highest BCUT2D eigenvalue weighted by atomic mass is 16.5. The van der Waals surface area contributed by atoms with E-state index in [1.165, 1.54) is 5.56 Å². The molecule has 0 bridgehead atoms. The monoisotopic (exact) mass is 314 g/mol. The second kappa shape index (κ2) is 8.08. The Kier molecular flexibility index (Phi) is 5.86. The first kappa shape index (κ1) is 16.7. The van der Waals surface area contributed by atoms with Gasteiger partial charge in [0.2, 0.25) is 5.91 Å². The zero-order valence-electron chi connectivity index (χ0n) is 13.7. The summed E-state index contributed by atoms with van der Waals surface area (Å²) in [6.07, 6.45) is 0. The molecule has 1 amide bonds. The van der Waals surface area contributed by atoms with Crippen molar-refractivity contribution in [2.75, 3.05) is 26.1 Å². The number of carbonyl (C=O) groups excluding carboxylic acids is 1. The first-order valence-electron chi connectivity index (χ1n) is 7.40. The van der Waals surface area contributed by atoms with Crippen LogP contribution in [0, 0.1) is 6.92 Å². The van der Waals surface area contributed by atoms with Crippen molar-refractivity contribution in [2.45, 2.75) is 13.5 Å². The Labute approximate surface area is 136 Å². The molecule has 2 aromatic rings. The molecule has 0 aliphatic rings. The Morgan fingerprint density at radius 3 is 2.61 bits per heavy atom. The highest BCUT2D eigenvalue weighted by molar-refractivity contribution is 5.81. The smallest absolute Gasteiger partial charge is 0.239 e. The summed E-state index contributed by atoms with van der Waals surface area (Å²) in [6.45, 7) is 2.72. The fourth-order valence-corrected chi connectivity index (χ4v) is 2.21. The van der Waals surface area contributed by atoms with Crippen LogP contribution in [0.3, 0.4) is 0 Å². The van der Waals surface area contributed by atoms with Crippen molar-refractivity contribution in [1.29, 1.82) is 0 Å². The summed E-state index contributed by atoms with van der Waals surface area (Å²) < 4.78 is 10.4. The Hall–Kier alpha value is -2.69. The van der Waals surface area contributed by atoms with E-state index in [-0.39, 0.29) is 12.5 Å². The lowest BCUT2D eigenvalue weighted by Gasteiger charge is -2.12. The molecule has 0 heterocycles. The van der Waals surface area contributed by atoms with Crippen LogP contribution in [0.1, 0.15) is 11.1 Å². The number of amides is 1. The van der Waals surface area contributed by atoms with E-state index >= 15 is 0 Å². The van der Waals surface area contributed by atoms with Gasteiger partial charge in [-0.15, -0.1) is 0 Å². The number of hydrogen-bond acceptors (Lipinski definition) is 4. The zero-order chi connectivity index (χ0) is 16.7. The van der Waals surface area contributed by atoms with E-state index in [0.29, 0.717) is 18.0 Å². The normalized spacial score (nSPS) is 10.0. The van der Waals surface area contributed by atoms with Crippen LogP contribution in [0.2, 0.25) is 0 Å². The van der Waals surface area contributed by atoms with Gasteiger partial charge in [0, 0.05) is 12.6 Å². The summed E-state index contributed by atoms with van der Waals surface area (Å²) in [4.78, 5) is 12.0. The van der Waals surface area contributed by atoms with Crippen LogP contribution in [0.25, 0.3) is 0 Å². The molecule has 0 fully saturated rings. The van der Waals surface area contributed by atoms with E-state index in [1.807, 2.05) is 37.3 Å². The van der Waals surface area contributed by atoms with Gasteiger partial charge >= 0.3 is 0 Å². The molecule has 0 unspecified atom stereocenters. The first-order chi connectivity index (χ1) is 11.1. The van der Waals surface area contributed by atoms with Gasteiger partial charge in [0.05, 0.1) is 26.5 Å². The molecule has 5 heteroatoms. The maximum atomic E-state index is 12.0. The summed E-state index contributed by atoms with van der Waals surface area (Å²) in [5, 5.41) is 5.96. The van der Waals surface area contributed by atoms with Gasteiger partial charge in [-0.25, -0.2) is 0 Å². The minimum absolute atomic E-state index is 0.0793. The third-order valence-electron chi connectivity index (χ3n) is 3.42. The number of benzene rings is 2. The van der Waals surface area contributed by atoms with E-state index in [0.717, 1.165) is 11.3 Å². The van der Waals surface area contributed by atoms with E-state index in [2.05, 4.69) is 16.7 Å². The number of methoxy groups -OCH3 is 2. The molecule has 0 aliphatic heterocycles. The molecule has 2 N–H and O–H groups in total. The SMILES string of the molecule is COc1ccc(NCC(=O)NCc2cccc(C)c2)c(OC)c1. The van der Waals surface area contributed by atoms with Gasteiger partial charge < -0.3 is 20.1 Å². The summed E-state index contributed by atoms with van der Waals surface area (Å²) in [7, 11) is 3.18. The van der Waals surface area contributed by atoms with E-state index in [4.69, 9.17) is 9.47 Å². The van der Waals surface area contributed by atoms with Crippen molar-refractivity contribution in [3.8, 4) is 11.5 Å². The van der Waals surface area contributed by atoms with Gasteiger partial charge in [-0.2, -0.15) is 0 Å². The van der Waals surface area contributed by atoms with E-state index in [1.54, 1.807) is 20.3 Å². The molecule has 2 aromatic carbocycles. The van der Waals surface area contributed by atoms with Crippen molar-refractivity contribution in [3.05, 3.63) is 53.6 Å². The average molecular weight is 314 g/mol. The Balaban J connectivity index is 1.87. The van der Waals surface area contributed by atoms with Crippen molar-refractivity contribution in [3.63, 3.8) is 0 Å². The molecule has 0 aromatic heterocycles. The van der Waals surface area contributed by atoms with Crippen LogP contribution in [0.5, 0.6) is 11.5 Å². The predicted molar refractivity (Wildman–Crippen MR) is 91.1 cm³/mol. The van der Waals surface area contributed by atoms with Crippen molar-refractivity contribution >= 4 is 11.6 Å². The number of hydrogen-bond donors (Lipinski definition) is 2. The molecule has 0 saturated carbocycles. The zero-order valence-corrected chi connectivity index (χ0v) is 13.7. The topological polar surface area (TPSA) is 59.6 Å². The molecule has 5 nitrogen and oxygen atoms in total. The van der Waals surface area contributed by atoms with Crippen LogP contribution in [-0.2, 0) is 11.3 Å². The Bertz CT molecular complexity index is 671. The number of anilines is 1. The van der Waals surface area contributed by atoms with Gasteiger partial charge in [0.1, 0.15) is 11.5 Å². The molecule has 0 aliphatic carbocycles. The second-order valence-corrected chi connectivity index (χ2v) is 5.19. The third-order valence-corrected chi connectivity index (χ3v) is 3.42. The second-order valence-electron chi connectivity index (χ2n) is 5.19. The molecule has 0 radical (unpaired) electrons. The quantitative estimate of drug-likeness (QED) is 0.825. The lowest BCUT2D eigenvalue weighted by Crippen LogP contribution is -2.29. The number of ether oxygens (including phenoxy) is 2. The lowest BCUT2D eigenvalue weighted by molar-refractivity contribution is -0.119. The minimum atomic E-state index is -0.0793. The van der Waals surface area contributed by atoms with Gasteiger partial charge in [-0.05, 0) is 24.6 Å². The maximum absolute atomic E-state index is 12.0. The molecule has 23 heavy (non-hydrogen) atoms. The molecule has 122 valence electrons. The Morgan fingerprint density at radius 2 is 1.91 bits per heavy atom. The number of aryl methyl sites for hydroxylation is 1. The number of nitrogens with one attached hydrogen (secondary N) is 2. The fourth-order valence-electron chi connectivity index (χ4n) is 2.21. The maximum Gasteiger partial charge on any atom is 0.239 e. The van der Waals surface area contributed by atoms with Crippen LogP contribution in [-0.4, -0.2) is 26.7 Å². The Morgan fingerprint density at radius 1 is 1.09 bits per heavy atom. The summed E-state index contributed by atoms with van der Waals surface area (Å²) in [5.41, 5.74) is 3.01. The molecule has 2 rings (SSSR count). The minimum Gasteiger partial charge on any atom is -0.497 e. The van der Waals surface area contributed by atoms with Crippen LogP contribution in [0.15, 0.2) is 42.5 Å². The van der Waals surface area contributed by atoms with Crippen molar-refractivity contribution < 1.29 is 14.3 Å². The van der Waals surface area contributed by atoms with Crippen LogP contribution >= 0.6 is 0 Å². The molecule has 0 atom stereocenters. The summed E-state index contributed by atoms with van der Waals surface area (Å²) >= 11 is 0. The molecular weight excluding hydrogens is 292 g/mol. The third kappa shape index (κ3) is 4.92. The van der Waals surface area contributed by atoms with E-state index < -0.39 is 0 Å². The van der Waals surface area contributed by atoms with E-state index in [9.17, 15) is 4.79 Å². The van der Waals surface area contributed by atoms with Gasteiger partial charge in [-0.3, -0.25) is 4.79 Å². The fraction of sp³-hybridized carbons (Fsp3) is 0.278. The first-order valence-corrected chi connectivity index (χ1v) is 7.40. The number of carbonyl (C=O) groups is 1. The number of rotatable bonds is 7. The molecule has 0 spiro atoms. The van der Waals surface area contributed by atoms with Gasteiger partial charge in [0.15, 0.2) is 0 Å². The van der Waals surface area contributed by atoms with Crippen LogP contribution in [0.4, 0.5) is 5.69 Å². The lowest BCUT2D eigenvalue weighted by atomic mass is 10.1. The van der Waals surface area contributed by atoms with Crippen molar-refractivity contribution in [2.24, 2.45) is 0 Å². The van der Waals surface area contributed by atoms with Gasteiger partial charge in [0.25, 0.3) is 0 Å². The van der Waals surface area contributed by atoms with Crippen molar-refractivity contribution in [1.82, 2.24) is 5.32 Å². The van der Waals surface area contributed by atoms with Gasteiger partial charge in [-0.1, -0.05) is 29.8 Å². The highest BCUT2D eigenvalue weighted by Gasteiger charge is 2.07. The molecular formula is C18H22N2O3. The summed E-state index contributed by atoms with van der Waals surface area (Å²) in [6, 6.07) is 13.5. The predicted octanol–water partition coefficient (Wildman–Crippen LogP) is 2.74. The average Bonchev–Trinajstić information content (AvgIpc) is 2.58. The molecule has 0 saturated heterocycles. The summed E-state index contributed by atoms with van der Waals surface area (Å²) in [5.74, 6) is 1.26. The largest absolute Gasteiger partial charge is 0.497 e. The van der Waals surface area contributed by atoms with Crippen LogP contribution < -0.4 is 20.1 Å².